The second kappa shape index (κ2) is 12.7. The molecule has 0 saturated heterocycles. The van der Waals surface area contributed by atoms with Crippen molar-refractivity contribution in [3.05, 3.63) is 193 Å². The molecular weight excluding hydrogens is 701 g/mol. The number of fused-ring (bicyclic) bond motifs is 7. The van der Waals surface area contributed by atoms with Gasteiger partial charge in [-0.3, -0.25) is 0 Å². The van der Waals surface area contributed by atoms with Crippen molar-refractivity contribution < 1.29 is 4.42 Å². The largest absolute Gasteiger partial charge is 0.456 e. The number of thiazole rings is 1. The summed E-state index contributed by atoms with van der Waals surface area (Å²) in [6.07, 6.45) is 0. The summed E-state index contributed by atoms with van der Waals surface area (Å²) in [5, 5.41) is 3.25. The second-order valence-electron chi connectivity index (χ2n) is 15.2. The number of hydrogen-bond donors (Lipinski definition) is 0. The van der Waals surface area contributed by atoms with Crippen LogP contribution in [0.5, 0.6) is 0 Å². The molecule has 0 unspecified atom stereocenters. The minimum atomic E-state index is -0.0569. The minimum absolute atomic E-state index is 0.0569. The fourth-order valence-corrected chi connectivity index (χ4v) is 9.68. The third-order valence-electron chi connectivity index (χ3n) is 11.5. The smallest absolute Gasteiger partial charge is 0.137 e. The first-order chi connectivity index (χ1) is 27.5. The Morgan fingerprint density at radius 1 is 0.482 bits per heavy atom. The van der Waals surface area contributed by atoms with Gasteiger partial charge in [-0.1, -0.05) is 141 Å². The number of aromatic nitrogens is 1. The molecule has 0 aliphatic heterocycles. The van der Waals surface area contributed by atoms with Crippen molar-refractivity contribution in [2.24, 2.45) is 0 Å². The van der Waals surface area contributed by atoms with E-state index in [0.29, 0.717) is 0 Å². The SMILES string of the molecule is CC1(C)c2ccccc2-c2cc(N(c3ccc(-c4ccc5c(c4)oc4cc6nc(-c7ccccc7)sc6cc45)cc3)c3ccccc3-c3ccccc3)ccc21. The van der Waals surface area contributed by atoms with Crippen LogP contribution in [0.15, 0.2) is 186 Å². The molecule has 2 heterocycles. The highest BCUT2D eigenvalue weighted by Gasteiger charge is 2.35. The van der Waals surface area contributed by atoms with Gasteiger partial charge in [0.05, 0.1) is 15.9 Å². The normalized spacial score (nSPS) is 13.0. The average Bonchev–Trinajstić information content (AvgIpc) is 3.90. The molecule has 0 spiro atoms. The summed E-state index contributed by atoms with van der Waals surface area (Å²) < 4.78 is 7.66. The van der Waals surface area contributed by atoms with Crippen LogP contribution >= 0.6 is 11.3 Å². The minimum Gasteiger partial charge on any atom is -0.456 e. The van der Waals surface area contributed by atoms with E-state index in [2.05, 4.69) is 195 Å². The zero-order chi connectivity index (χ0) is 37.4. The molecular formula is C52H36N2OS. The molecule has 10 aromatic rings. The lowest BCUT2D eigenvalue weighted by atomic mass is 9.82. The van der Waals surface area contributed by atoms with Gasteiger partial charge in [0.1, 0.15) is 16.2 Å². The lowest BCUT2D eigenvalue weighted by Crippen LogP contribution is -2.15. The van der Waals surface area contributed by atoms with Crippen molar-refractivity contribution in [1.29, 1.82) is 0 Å². The van der Waals surface area contributed by atoms with Gasteiger partial charge >= 0.3 is 0 Å². The van der Waals surface area contributed by atoms with Gasteiger partial charge in [0.2, 0.25) is 0 Å². The van der Waals surface area contributed by atoms with E-state index >= 15 is 0 Å². The van der Waals surface area contributed by atoms with E-state index in [0.717, 1.165) is 70.9 Å². The molecule has 1 aliphatic carbocycles. The third-order valence-corrected chi connectivity index (χ3v) is 12.6. The highest BCUT2D eigenvalue weighted by atomic mass is 32.1. The van der Waals surface area contributed by atoms with Gasteiger partial charge < -0.3 is 9.32 Å². The van der Waals surface area contributed by atoms with Crippen LogP contribution in [-0.4, -0.2) is 4.98 Å². The summed E-state index contributed by atoms with van der Waals surface area (Å²) in [4.78, 5) is 7.35. The first-order valence-electron chi connectivity index (χ1n) is 19.1. The number of rotatable bonds is 6. The van der Waals surface area contributed by atoms with E-state index in [1.165, 1.54) is 33.4 Å². The van der Waals surface area contributed by atoms with E-state index < -0.39 is 0 Å². The third kappa shape index (κ3) is 5.21. The van der Waals surface area contributed by atoms with Gasteiger partial charge in [-0.05, 0) is 87.5 Å². The van der Waals surface area contributed by atoms with Crippen molar-refractivity contribution in [2.45, 2.75) is 19.3 Å². The highest BCUT2D eigenvalue weighted by Crippen LogP contribution is 2.51. The molecule has 4 heteroatoms. The molecule has 0 fully saturated rings. The van der Waals surface area contributed by atoms with E-state index in [4.69, 9.17) is 9.40 Å². The Kier molecular flexibility index (Phi) is 7.38. The van der Waals surface area contributed by atoms with E-state index in [1.54, 1.807) is 11.3 Å². The van der Waals surface area contributed by atoms with Crippen molar-refractivity contribution in [3.8, 4) is 44.0 Å². The fraction of sp³-hybridized carbons (Fsp3) is 0.0577. The van der Waals surface area contributed by atoms with Crippen LogP contribution in [0, 0.1) is 0 Å². The number of hydrogen-bond acceptors (Lipinski definition) is 4. The predicted molar refractivity (Wildman–Crippen MR) is 235 cm³/mol. The Morgan fingerprint density at radius 3 is 1.93 bits per heavy atom. The van der Waals surface area contributed by atoms with Crippen LogP contribution in [0.1, 0.15) is 25.0 Å². The van der Waals surface area contributed by atoms with Gasteiger partial charge in [0, 0.05) is 44.8 Å². The second-order valence-corrected chi connectivity index (χ2v) is 16.2. The fourth-order valence-electron chi connectivity index (χ4n) is 8.69. The first-order valence-corrected chi connectivity index (χ1v) is 19.9. The summed E-state index contributed by atoms with van der Waals surface area (Å²) >= 11 is 1.72. The van der Waals surface area contributed by atoms with Crippen molar-refractivity contribution in [3.63, 3.8) is 0 Å². The molecule has 56 heavy (non-hydrogen) atoms. The van der Waals surface area contributed by atoms with Crippen LogP contribution in [0.4, 0.5) is 17.1 Å². The van der Waals surface area contributed by atoms with Crippen molar-refractivity contribution in [2.75, 3.05) is 4.90 Å². The monoisotopic (exact) mass is 736 g/mol. The van der Waals surface area contributed by atoms with Gasteiger partial charge in [-0.25, -0.2) is 4.98 Å². The summed E-state index contributed by atoms with van der Waals surface area (Å²) in [6.45, 7) is 4.67. The van der Waals surface area contributed by atoms with Crippen LogP contribution in [0.25, 0.3) is 76.1 Å². The van der Waals surface area contributed by atoms with E-state index in [-0.39, 0.29) is 5.41 Å². The van der Waals surface area contributed by atoms with Gasteiger partial charge in [-0.15, -0.1) is 11.3 Å². The number of anilines is 3. The summed E-state index contributed by atoms with van der Waals surface area (Å²) in [7, 11) is 0. The lowest BCUT2D eigenvalue weighted by Gasteiger charge is -2.29. The number of para-hydroxylation sites is 1. The maximum atomic E-state index is 6.50. The highest BCUT2D eigenvalue weighted by molar-refractivity contribution is 7.21. The molecule has 0 atom stereocenters. The Labute approximate surface area is 329 Å². The molecule has 0 bridgehead atoms. The van der Waals surface area contributed by atoms with E-state index in [9.17, 15) is 0 Å². The van der Waals surface area contributed by atoms with Crippen LogP contribution in [0.2, 0.25) is 0 Å². The van der Waals surface area contributed by atoms with Gasteiger partial charge in [0.25, 0.3) is 0 Å². The van der Waals surface area contributed by atoms with E-state index in [1.807, 2.05) is 6.07 Å². The summed E-state index contributed by atoms with van der Waals surface area (Å²) in [5.74, 6) is 0. The van der Waals surface area contributed by atoms with Crippen LogP contribution in [-0.2, 0) is 5.41 Å². The molecule has 0 saturated carbocycles. The molecule has 3 nitrogen and oxygen atoms in total. The molecule has 0 amide bonds. The predicted octanol–water partition coefficient (Wildman–Crippen LogP) is 15.0. The topological polar surface area (TPSA) is 29.3 Å². The zero-order valence-corrected chi connectivity index (χ0v) is 31.8. The Bertz CT molecular complexity index is 3100. The standard InChI is InChI=1S/C52H36N2OS/c1-52(2)44-19-11-9-18-40(44)42-30-38(26-28-45(42)52)54(47-20-12-10-17-39(47)34-13-5-3-6-14-34)37-24-21-33(22-25-37)36-23-27-41-43-31-50-46(32-49(43)55-48(41)29-36)53-51(56-50)35-15-7-4-8-16-35/h3-32H,1-2H3. The van der Waals surface area contributed by atoms with Crippen molar-refractivity contribution in [1.82, 2.24) is 4.98 Å². The molecule has 266 valence electrons. The maximum absolute atomic E-state index is 6.50. The quantitative estimate of drug-likeness (QED) is 0.170. The molecule has 11 rings (SSSR count). The number of furan rings is 1. The zero-order valence-electron chi connectivity index (χ0n) is 31.0. The van der Waals surface area contributed by atoms with Crippen LogP contribution in [0.3, 0.4) is 0 Å². The Morgan fingerprint density at radius 2 is 1.12 bits per heavy atom. The average molecular weight is 737 g/mol. The number of benzene rings is 8. The summed E-state index contributed by atoms with van der Waals surface area (Å²) in [5.41, 5.74) is 17.1. The molecule has 1 aliphatic rings. The lowest BCUT2D eigenvalue weighted by molar-refractivity contribution is 0.660. The molecule has 0 N–H and O–H groups in total. The van der Waals surface area contributed by atoms with Crippen LogP contribution < -0.4 is 4.90 Å². The molecule has 2 aromatic heterocycles. The maximum Gasteiger partial charge on any atom is 0.137 e. The Balaban J connectivity index is 0.995. The van der Waals surface area contributed by atoms with Crippen molar-refractivity contribution >= 4 is 60.6 Å². The van der Waals surface area contributed by atoms with Gasteiger partial charge in [-0.2, -0.15) is 0 Å². The molecule has 8 aromatic carbocycles. The Hall–Kier alpha value is -6.75. The number of nitrogens with zero attached hydrogens (tertiary/aromatic N) is 2. The van der Waals surface area contributed by atoms with Gasteiger partial charge in [0.15, 0.2) is 0 Å². The molecule has 0 radical (unpaired) electrons. The summed E-state index contributed by atoms with van der Waals surface area (Å²) in [6, 6.07) is 65.5. The first kappa shape index (κ1) is 32.7.